The largest absolute Gasteiger partial charge is 0.497 e. The number of hydrogen-bond acceptors (Lipinski definition) is 5. The van der Waals surface area contributed by atoms with Gasteiger partial charge in [0.05, 0.1) is 13.5 Å². The number of nitrogens with zero attached hydrogens (tertiary/aromatic N) is 1. The van der Waals surface area contributed by atoms with Gasteiger partial charge in [0.25, 0.3) is 5.91 Å². The highest BCUT2D eigenvalue weighted by Crippen LogP contribution is 2.17. The SMILES string of the molecule is COc1ccc(C(=O)NN=C(CC(=O)C(C)(C)C)C(=O)O)cc1. The van der Waals surface area contributed by atoms with Gasteiger partial charge < -0.3 is 9.84 Å². The van der Waals surface area contributed by atoms with Crippen LogP contribution in [-0.2, 0) is 9.59 Å². The van der Waals surface area contributed by atoms with E-state index in [2.05, 4.69) is 10.5 Å². The molecule has 2 N–H and O–H groups in total. The molecule has 0 aliphatic heterocycles. The van der Waals surface area contributed by atoms with Crippen LogP contribution in [0.15, 0.2) is 29.4 Å². The van der Waals surface area contributed by atoms with E-state index in [1.807, 2.05) is 0 Å². The number of carboxylic acid groups (broad SMARTS) is 1. The summed E-state index contributed by atoms with van der Waals surface area (Å²) in [7, 11) is 1.50. The van der Waals surface area contributed by atoms with E-state index >= 15 is 0 Å². The maximum Gasteiger partial charge on any atom is 0.352 e. The second-order valence-corrected chi connectivity index (χ2v) is 5.88. The number of ether oxygens (including phenoxy) is 1. The summed E-state index contributed by atoms with van der Waals surface area (Å²) < 4.78 is 4.98. The molecule has 0 aromatic heterocycles. The molecule has 124 valence electrons. The van der Waals surface area contributed by atoms with E-state index in [-0.39, 0.29) is 12.2 Å². The third kappa shape index (κ3) is 5.54. The maximum absolute atomic E-state index is 11.9. The molecular weight excluding hydrogens is 300 g/mol. The van der Waals surface area contributed by atoms with Crippen molar-refractivity contribution in [2.75, 3.05) is 7.11 Å². The molecule has 0 aliphatic carbocycles. The monoisotopic (exact) mass is 320 g/mol. The zero-order valence-electron chi connectivity index (χ0n) is 13.5. The molecule has 1 rings (SSSR count). The Morgan fingerprint density at radius 2 is 1.74 bits per heavy atom. The first-order chi connectivity index (χ1) is 10.6. The van der Waals surface area contributed by atoms with Gasteiger partial charge in [0.15, 0.2) is 5.71 Å². The van der Waals surface area contributed by atoms with Crippen molar-refractivity contribution in [2.24, 2.45) is 10.5 Å². The van der Waals surface area contributed by atoms with Crippen LogP contribution in [0, 0.1) is 5.41 Å². The van der Waals surface area contributed by atoms with Gasteiger partial charge in [-0.05, 0) is 24.3 Å². The normalized spacial score (nSPS) is 11.7. The average molecular weight is 320 g/mol. The van der Waals surface area contributed by atoms with E-state index in [0.29, 0.717) is 11.3 Å². The van der Waals surface area contributed by atoms with E-state index in [1.54, 1.807) is 32.9 Å². The van der Waals surface area contributed by atoms with Crippen molar-refractivity contribution in [3.8, 4) is 5.75 Å². The zero-order chi connectivity index (χ0) is 17.6. The molecule has 0 saturated heterocycles. The molecule has 0 bridgehead atoms. The summed E-state index contributed by atoms with van der Waals surface area (Å²) in [4.78, 5) is 35.0. The quantitative estimate of drug-likeness (QED) is 0.615. The molecule has 0 spiro atoms. The predicted molar refractivity (Wildman–Crippen MR) is 84.6 cm³/mol. The van der Waals surface area contributed by atoms with Gasteiger partial charge in [-0.2, -0.15) is 5.10 Å². The smallest absolute Gasteiger partial charge is 0.352 e. The van der Waals surface area contributed by atoms with Gasteiger partial charge in [-0.25, -0.2) is 10.2 Å². The Bertz CT molecular complexity index is 627. The molecule has 7 heteroatoms. The first-order valence-electron chi connectivity index (χ1n) is 6.92. The molecule has 1 aromatic rings. The summed E-state index contributed by atoms with van der Waals surface area (Å²) in [5.41, 5.74) is 1.35. The molecule has 0 atom stereocenters. The molecule has 0 radical (unpaired) electrons. The molecule has 0 unspecified atom stereocenters. The van der Waals surface area contributed by atoms with Crippen LogP contribution in [0.25, 0.3) is 0 Å². The van der Waals surface area contributed by atoms with E-state index in [1.165, 1.54) is 19.2 Å². The number of aliphatic carboxylic acids is 1. The van der Waals surface area contributed by atoms with Gasteiger partial charge in [0.2, 0.25) is 0 Å². The number of carboxylic acids is 1. The van der Waals surface area contributed by atoms with Crippen LogP contribution >= 0.6 is 0 Å². The Balaban J connectivity index is 2.82. The fourth-order valence-electron chi connectivity index (χ4n) is 1.51. The number of hydrogen-bond donors (Lipinski definition) is 2. The van der Waals surface area contributed by atoms with Gasteiger partial charge in [-0.1, -0.05) is 20.8 Å². The number of hydrazone groups is 1. The van der Waals surface area contributed by atoms with Crippen molar-refractivity contribution in [1.82, 2.24) is 5.43 Å². The van der Waals surface area contributed by atoms with E-state index < -0.39 is 23.0 Å². The fraction of sp³-hybridized carbons (Fsp3) is 0.375. The Morgan fingerprint density at radius 3 is 2.17 bits per heavy atom. The number of benzene rings is 1. The van der Waals surface area contributed by atoms with Gasteiger partial charge in [-0.15, -0.1) is 0 Å². The van der Waals surface area contributed by atoms with Crippen molar-refractivity contribution in [1.29, 1.82) is 0 Å². The lowest BCUT2D eigenvalue weighted by atomic mass is 9.88. The average Bonchev–Trinajstić information content (AvgIpc) is 2.49. The molecular formula is C16H20N2O5. The van der Waals surface area contributed by atoms with Gasteiger partial charge in [0, 0.05) is 11.0 Å². The Morgan fingerprint density at radius 1 is 1.17 bits per heavy atom. The molecule has 1 amide bonds. The molecule has 0 heterocycles. The predicted octanol–water partition coefficient (Wildman–Crippen LogP) is 1.87. The van der Waals surface area contributed by atoms with Crippen molar-refractivity contribution in [3.63, 3.8) is 0 Å². The van der Waals surface area contributed by atoms with Crippen LogP contribution in [0.4, 0.5) is 0 Å². The minimum absolute atomic E-state index is 0.280. The summed E-state index contributed by atoms with van der Waals surface area (Å²) in [6, 6.07) is 6.23. The molecule has 7 nitrogen and oxygen atoms in total. The van der Waals surface area contributed by atoms with Gasteiger partial charge in [0.1, 0.15) is 11.5 Å². The topological polar surface area (TPSA) is 105 Å². The number of carbonyl (C=O) groups is 3. The summed E-state index contributed by atoms with van der Waals surface area (Å²) in [5, 5.41) is 12.6. The number of Topliss-reactive ketones (excluding diaryl/α,β-unsaturated/α-hetero) is 1. The zero-order valence-corrected chi connectivity index (χ0v) is 13.5. The van der Waals surface area contributed by atoms with Gasteiger partial charge in [-0.3, -0.25) is 9.59 Å². The lowest BCUT2D eigenvalue weighted by molar-refractivity contribution is -0.131. The fourth-order valence-corrected chi connectivity index (χ4v) is 1.51. The highest BCUT2D eigenvalue weighted by atomic mass is 16.5. The summed E-state index contributed by atoms with van der Waals surface area (Å²) in [6.07, 6.45) is -0.359. The Kier molecular flexibility index (Phi) is 6.01. The first-order valence-corrected chi connectivity index (χ1v) is 6.92. The summed E-state index contributed by atoms with van der Waals surface area (Å²) >= 11 is 0. The summed E-state index contributed by atoms with van der Waals surface area (Å²) in [6.45, 7) is 5.06. The number of methoxy groups -OCH3 is 1. The van der Waals surface area contributed by atoms with E-state index in [4.69, 9.17) is 9.84 Å². The Labute approximate surface area is 134 Å². The maximum atomic E-state index is 11.9. The molecule has 0 fully saturated rings. The third-order valence-electron chi connectivity index (χ3n) is 3.06. The van der Waals surface area contributed by atoms with Crippen molar-refractivity contribution < 1.29 is 24.2 Å². The van der Waals surface area contributed by atoms with Crippen LogP contribution in [0.5, 0.6) is 5.75 Å². The minimum atomic E-state index is -1.35. The number of nitrogens with one attached hydrogen (secondary N) is 1. The number of ketones is 1. The lowest BCUT2D eigenvalue weighted by Crippen LogP contribution is -2.29. The third-order valence-corrected chi connectivity index (χ3v) is 3.06. The minimum Gasteiger partial charge on any atom is -0.497 e. The summed E-state index contributed by atoms with van der Waals surface area (Å²) in [5.74, 6) is -1.61. The first kappa shape index (κ1) is 18.3. The van der Waals surface area contributed by atoms with Crippen LogP contribution < -0.4 is 10.2 Å². The van der Waals surface area contributed by atoms with Crippen molar-refractivity contribution >= 4 is 23.4 Å². The highest BCUT2D eigenvalue weighted by molar-refractivity contribution is 6.39. The number of rotatable bonds is 6. The molecule has 23 heavy (non-hydrogen) atoms. The second kappa shape index (κ2) is 7.53. The number of amides is 1. The van der Waals surface area contributed by atoms with Crippen molar-refractivity contribution in [3.05, 3.63) is 29.8 Å². The van der Waals surface area contributed by atoms with Crippen LogP contribution in [0.2, 0.25) is 0 Å². The van der Waals surface area contributed by atoms with Crippen LogP contribution in [-0.4, -0.2) is 35.6 Å². The lowest BCUT2D eigenvalue weighted by Gasteiger charge is -2.16. The van der Waals surface area contributed by atoms with E-state index in [0.717, 1.165) is 0 Å². The molecule has 0 aliphatic rings. The van der Waals surface area contributed by atoms with Crippen LogP contribution in [0.1, 0.15) is 37.6 Å². The molecule has 0 saturated carbocycles. The highest BCUT2D eigenvalue weighted by Gasteiger charge is 2.25. The van der Waals surface area contributed by atoms with Crippen molar-refractivity contribution in [2.45, 2.75) is 27.2 Å². The standard InChI is InChI=1S/C16H20N2O5/c1-16(2,3)13(19)9-12(15(21)22)17-18-14(20)10-5-7-11(23-4)8-6-10/h5-8H,9H2,1-4H3,(H,18,20)(H,21,22). The van der Waals surface area contributed by atoms with E-state index in [9.17, 15) is 14.4 Å². The number of carbonyl (C=O) groups excluding carboxylic acids is 2. The Hall–Kier alpha value is -2.70. The molecule has 1 aromatic carbocycles. The second-order valence-electron chi connectivity index (χ2n) is 5.88. The van der Waals surface area contributed by atoms with Crippen LogP contribution in [0.3, 0.4) is 0 Å². The van der Waals surface area contributed by atoms with Gasteiger partial charge >= 0.3 is 5.97 Å².